The maximum absolute atomic E-state index is 4.69. The average molecular weight is 229 g/mol. The van der Waals surface area contributed by atoms with E-state index in [0.717, 1.165) is 30.2 Å². The van der Waals surface area contributed by atoms with E-state index in [1.54, 1.807) is 0 Å². The van der Waals surface area contributed by atoms with Gasteiger partial charge in [0, 0.05) is 0 Å². The van der Waals surface area contributed by atoms with Crippen LogP contribution >= 0.6 is 0 Å². The van der Waals surface area contributed by atoms with Gasteiger partial charge in [-0.3, -0.25) is 0 Å². The second kappa shape index (κ2) is 4.15. The number of rotatable bonds is 2. The number of aryl methyl sites for hydroxylation is 1. The molecule has 0 amide bonds. The van der Waals surface area contributed by atoms with E-state index in [0.29, 0.717) is 6.04 Å². The molecule has 1 aliphatic heterocycles. The van der Waals surface area contributed by atoms with Gasteiger partial charge in [-0.25, -0.2) is 4.98 Å². The normalized spacial score (nSPS) is 24.6. The number of aromatic nitrogens is 2. The molecule has 2 N–H and O–H groups in total. The highest BCUT2D eigenvalue weighted by molar-refractivity contribution is 5.76. The Labute approximate surface area is 102 Å². The molecule has 3 nitrogen and oxygen atoms in total. The zero-order chi connectivity index (χ0) is 11.8. The van der Waals surface area contributed by atoms with Crippen LogP contribution in [0.1, 0.15) is 37.7 Å². The van der Waals surface area contributed by atoms with Crippen LogP contribution in [0.25, 0.3) is 11.0 Å². The first-order valence-electron chi connectivity index (χ1n) is 6.48. The molecule has 3 rings (SSSR count). The zero-order valence-corrected chi connectivity index (χ0v) is 10.5. The molecule has 0 aliphatic carbocycles. The lowest BCUT2D eigenvalue weighted by Gasteiger charge is -2.04. The Balaban J connectivity index is 1.96. The van der Waals surface area contributed by atoms with Crippen molar-refractivity contribution < 1.29 is 0 Å². The van der Waals surface area contributed by atoms with Crippen molar-refractivity contribution in [3.8, 4) is 0 Å². The molecule has 0 bridgehead atoms. The summed E-state index contributed by atoms with van der Waals surface area (Å²) < 4.78 is 0. The van der Waals surface area contributed by atoms with Crippen LogP contribution in [0.15, 0.2) is 18.2 Å². The van der Waals surface area contributed by atoms with E-state index in [1.807, 2.05) is 0 Å². The van der Waals surface area contributed by atoms with Gasteiger partial charge in [-0.15, -0.1) is 0 Å². The Morgan fingerprint density at radius 1 is 1.41 bits per heavy atom. The van der Waals surface area contributed by atoms with Gasteiger partial charge in [0.25, 0.3) is 0 Å². The van der Waals surface area contributed by atoms with Gasteiger partial charge in [0.05, 0.1) is 17.1 Å². The minimum Gasteiger partial charge on any atom is -0.341 e. The van der Waals surface area contributed by atoms with Crippen molar-refractivity contribution in [2.24, 2.45) is 5.92 Å². The Kier molecular flexibility index (Phi) is 2.63. The summed E-state index contributed by atoms with van der Waals surface area (Å²) >= 11 is 0. The third-order valence-electron chi connectivity index (χ3n) is 3.65. The maximum Gasteiger partial charge on any atom is 0.124 e. The quantitative estimate of drug-likeness (QED) is 0.831. The van der Waals surface area contributed by atoms with E-state index in [2.05, 4.69) is 47.3 Å². The van der Waals surface area contributed by atoms with Crippen molar-refractivity contribution >= 4 is 11.0 Å². The van der Waals surface area contributed by atoms with Crippen LogP contribution in [0.2, 0.25) is 0 Å². The van der Waals surface area contributed by atoms with Gasteiger partial charge in [-0.05, 0) is 43.0 Å². The van der Waals surface area contributed by atoms with Crippen molar-refractivity contribution in [2.75, 3.05) is 6.54 Å². The standard InChI is InChI=1S/C14H19N3/c1-3-10-4-5-11-12(7-10)17-14(16-11)13-6-9(2)8-15-13/h4-5,7,9,13,15H,3,6,8H2,1-2H3,(H,16,17). The molecule has 1 saturated heterocycles. The summed E-state index contributed by atoms with van der Waals surface area (Å²) in [5, 5.41) is 3.52. The second-order valence-corrected chi connectivity index (χ2v) is 5.13. The summed E-state index contributed by atoms with van der Waals surface area (Å²) in [4.78, 5) is 8.15. The van der Waals surface area contributed by atoms with Crippen molar-refractivity contribution in [3.63, 3.8) is 0 Å². The monoisotopic (exact) mass is 229 g/mol. The van der Waals surface area contributed by atoms with E-state index in [1.165, 1.54) is 17.5 Å². The smallest absolute Gasteiger partial charge is 0.124 e. The SMILES string of the molecule is CCc1ccc2nc(C3CC(C)CN3)[nH]c2c1. The lowest BCUT2D eigenvalue weighted by molar-refractivity contribution is 0.589. The van der Waals surface area contributed by atoms with Crippen LogP contribution in [-0.4, -0.2) is 16.5 Å². The van der Waals surface area contributed by atoms with Gasteiger partial charge in [-0.1, -0.05) is 19.9 Å². The summed E-state index contributed by atoms with van der Waals surface area (Å²) in [6.07, 6.45) is 2.25. The van der Waals surface area contributed by atoms with Crippen molar-refractivity contribution in [2.45, 2.75) is 32.7 Å². The van der Waals surface area contributed by atoms with Crippen LogP contribution in [0, 0.1) is 5.92 Å². The first kappa shape index (κ1) is 10.8. The first-order valence-corrected chi connectivity index (χ1v) is 6.48. The fourth-order valence-corrected chi connectivity index (χ4v) is 2.58. The van der Waals surface area contributed by atoms with Gasteiger partial charge < -0.3 is 10.3 Å². The molecule has 17 heavy (non-hydrogen) atoms. The minimum absolute atomic E-state index is 0.405. The van der Waals surface area contributed by atoms with Crippen molar-refractivity contribution in [1.82, 2.24) is 15.3 Å². The zero-order valence-electron chi connectivity index (χ0n) is 10.5. The number of nitrogens with one attached hydrogen (secondary N) is 2. The average Bonchev–Trinajstić information content (AvgIpc) is 2.93. The number of imidazole rings is 1. The minimum atomic E-state index is 0.405. The fourth-order valence-electron chi connectivity index (χ4n) is 2.58. The van der Waals surface area contributed by atoms with Gasteiger partial charge in [0.2, 0.25) is 0 Å². The molecule has 0 saturated carbocycles. The summed E-state index contributed by atoms with van der Waals surface area (Å²) in [5.41, 5.74) is 3.61. The molecule has 0 radical (unpaired) electrons. The van der Waals surface area contributed by atoms with Crippen LogP contribution in [-0.2, 0) is 6.42 Å². The number of fused-ring (bicyclic) bond motifs is 1. The van der Waals surface area contributed by atoms with Crippen LogP contribution in [0.3, 0.4) is 0 Å². The molecule has 0 spiro atoms. The van der Waals surface area contributed by atoms with Gasteiger partial charge in [0.1, 0.15) is 5.82 Å². The number of aromatic amines is 1. The molecular formula is C14H19N3. The number of hydrogen-bond acceptors (Lipinski definition) is 2. The summed E-state index contributed by atoms with van der Waals surface area (Å²) in [7, 11) is 0. The van der Waals surface area contributed by atoms with E-state index in [-0.39, 0.29) is 0 Å². The molecule has 2 atom stereocenters. The lowest BCUT2D eigenvalue weighted by Crippen LogP contribution is -2.14. The number of hydrogen-bond donors (Lipinski definition) is 2. The highest BCUT2D eigenvalue weighted by Crippen LogP contribution is 2.26. The molecule has 1 fully saturated rings. The van der Waals surface area contributed by atoms with E-state index in [9.17, 15) is 0 Å². The largest absolute Gasteiger partial charge is 0.341 e. The van der Waals surface area contributed by atoms with Crippen LogP contribution in [0.5, 0.6) is 0 Å². The molecular weight excluding hydrogens is 210 g/mol. The van der Waals surface area contributed by atoms with E-state index < -0.39 is 0 Å². The molecule has 2 heterocycles. The van der Waals surface area contributed by atoms with Crippen molar-refractivity contribution in [1.29, 1.82) is 0 Å². The Morgan fingerprint density at radius 2 is 2.29 bits per heavy atom. The Bertz CT molecular complexity index is 529. The highest BCUT2D eigenvalue weighted by atomic mass is 15.0. The number of H-pyrrole nitrogens is 1. The Morgan fingerprint density at radius 3 is 3.00 bits per heavy atom. The van der Waals surface area contributed by atoms with Gasteiger partial charge >= 0.3 is 0 Å². The van der Waals surface area contributed by atoms with Gasteiger partial charge in [0.15, 0.2) is 0 Å². The third kappa shape index (κ3) is 1.95. The molecule has 90 valence electrons. The first-order chi connectivity index (χ1) is 8.26. The molecule has 1 aromatic heterocycles. The summed E-state index contributed by atoms with van der Waals surface area (Å²) in [6, 6.07) is 6.90. The summed E-state index contributed by atoms with van der Waals surface area (Å²) in [6.45, 7) is 5.56. The Hall–Kier alpha value is -1.35. The maximum atomic E-state index is 4.69. The lowest BCUT2D eigenvalue weighted by atomic mass is 10.1. The predicted octanol–water partition coefficient (Wildman–Crippen LogP) is 2.80. The topological polar surface area (TPSA) is 40.7 Å². The highest BCUT2D eigenvalue weighted by Gasteiger charge is 2.24. The van der Waals surface area contributed by atoms with Crippen molar-refractivity contribution in [3.05, 3.63) is 29.6 Å². The molecule has 1 aromatic carbocycles. The second-order valence-electron chi connectivity index (χ2n) is 5.13. The summed E-state index contributed by atoms with van der Waals surface area (Å²) in [5.74, 6) is 1.84. The molecule has 3 heteroatoms. The van der Waals surface area contributed by atoms with Crippen LogP contribution in [0.4, 0.5) is 0 Å². The molecule has 2 unspecified atom stereocenters. The van der Waals surface area contributed by atoms with E-state index >= 15 is 0 Å². The van der Waals surface area contributed by atoms with Crippen LogP contribution < -0.4 is 5.32 Å². The van der Waals surface area contributed by atoms with E-state index in [4.69, 9.17) is 0 Å². The van der Waals surface area contributed by atoms with Gasteiger partial charge in [-0.2, -0.15) is 0 Å². The predicted molar refractivity (Wildman–Crippen MR) is 70.0 cm³/mol. The number of nitrogens with zero attached hydrogens (tertiary/aromatic N) is 1. The fraction of sp³-hybridized carbons (Fsp3) is 0.500. The number of benzene rings is 1. The molecule has 2 aromatic rings. The third-order valence-corrected chi connectivity index (χ3v) is 3.65. The molecule has 1 aliphatic rings.